The van der Waals surface area contributed by atoms with E-state index in [1.807, 2.05) is 0 Å². The van der Waals surface area contributed by atoms with Crippen molar-refractivity contribution in [2.45, 2.75) is 13.3 Å². The molecule has 1 aromatic heterocycles. The van der Waals surface area contributed by atoms with Gasteiger partial charge in [-0.1, -0.05) is 11.6 Å². The van der Waals surface area contributed by atoms with Gasteiger partial charge < -0.3 is 4.74 Å². The molecule has 0 N–H and O–H groups in total. The highest BCUT2D eigenvalue weighted by Gasteiger charge is 2.13. The fourth-order valence-electron chi connectivity index (χ4n) is 0.974. The number of pyridine rings is 1. The third-order valence-corrected chi connectivity index (χ3v) is 1.85. The molecule has 0 bridgehead atoms. The Morgan fingerprint density at radius 1 is 1.47 bits per heavy atom. The van der Waals surface area contributed by atoms with Gasteiger partial charge in [0.15, 0.2) is 5.78 Å². The number of ketones is 1. The Morgan fingerprint density at radius 2 is 2.20 bits per heavy atom. The van der Waals surface area contributed by atoms with Crippen molar-refractivity contribution in [1.29, 1.82) is 0 Å². The van der Waals surface area contributed by atoms with Crippen LogP contribution < -0.4 is 0 Å². The molecule has 0 aliphatic heterocycles. The Morgan fingerprint density at radius 3 is 2.73 bits per heavy atom. The summed E-state index contributed by atoms with van der Waals surface area (Å²) >= 11 is 5.61. The molecule has 0 aliphatic rings. The van der Waals surface area contributed by atoms with Gasteiger partial charge in [-0.05, 0) is 19.1 Å². The molecule has 80 valence electrons. The van der Waals surface area contributed by atoms with E-state index >= 15 is 0 Å². The number of rotatable bonds is 4. The van der Waals surface area contributed by atoms with Crippen molar-refractivity contribution in [1.82, 2.24) is 4.98 Å². The predicted octanol–water partition coefficient (Wildman–Crippen LogP) is 1.87. The van der Waals surface area contributed by atoms with E-state index < -0.39 is 5.97 Å². The summed E-state index contributed by atoms with van der Waals surface area (Å²) in [6.45, 7) is 1.95. The molecule has 15 heavy (non-hydrogen) atoms. The highest BCUT2D eigenvalue weighted by Crippen LogP contribution is 2.08. The maximum Gasteiger partial charge on any atom is 0.313 e. The molecule has 0 radical (unpaired) electrons. The van der Waals surface area contributed by atoms with E-state index in [1.54, 1.807) is 13.0 Å². The topological polar surface area (TPSA) is 56.3 Å². The van der Waals surface area contributed by atoms with Crippen LogP contribution in [-0.2, 0) is 9.53 Å². The summed E-state index contributed by atoms with van der Waals surface area (Å²) in [7, 11) is 0. The Hall–Kier alpha value is -1.42. The van der Waals surface area contributed by atoms with Gasteiger partial charge in [-0.3, -0.25) is 14.6 Å². The monoisotopic (exact) mass is 227 g/mol. The lowest BCUT2D eigenvalue weighted by Gasteiger charge is -2.00. The van der Waals surface area contributed by atoms with Crippen LogP contribution in [0.4, 0.5) is 0 Å². The first-order valence-electron chi connectivity index (χ1n) is 4.44. The maximum atomic E-state index is 11.4. The molecule has 0 saturated carbocycles. The van der Waals surface area contributed by atoms with Gasteiger partial charge >= 0.3 is 5.97 Å². The number of hydrogen-bond donors (Lipinski definition) is 0. The predicted molar refractivity (Wildman–Crippen MR) is 54.8 cm³/mol. The molecule has 0 aliphatic carbocycles. The van der Waals surface area contributed by atoms with Gasteiger partial charge in [0, 0.05) is 6.20 Å². The fraction of sp³-hybridized carbons (Fsp3) is 0.300. The van der Waals surface area contributed by atoms with Gasteiger partial charge in [0.25, 0.3) is 0 Å². The summed E-state index contributed by atoms with van der Waals surface area (Å²) in [6.07, 6.45) is 1.07. The summed E-state index contributed by atoms with van der Waals surface area (Å²) in [5.41, 5.74) is 0.215. The molecular weight excluding hydrogens is 218 g/mol. The van der Waals surface area contributed by atoms with Crippen LogP contribution in [0.1, 0.15) is 23.8 Å². The molecule has 0 fully saturated rings. The molecule has 1 aromatic rings. The average molecular weight is 228 g/mol. The molecule has 5 heteroatoms. The van der Waals surface area contributed by atoms with E-state index in [4.69, 9.17) is 11.6 Å². The maximum absolute atomic E-state index is 11.4. The minimum atomic E-state index is -0.542. The lowest BCUT2D eigenvalue weighted by Crippen LogP contribution is -2.12. The molecule has 4 nitrogen and oxygen atoms in total. The summed E-state index contributed by atoms with van der Waals surface area (Å²) in [4.78, 5) is 26.2. The van der Waals surface area contributed by atoms with E-state index in [0.717, 1.165) is 0 Å². The number of carbonyl (C=O) groups is 2. The van der Waals surface area contributed by atoms with Crippen molar-refractivity contribution >= 4 is 23.4 Å². The number of ether oxygens (including phenoxy) is 1. The Labute approximate surface area is 92.2 Å². The summed E-state index contributed by atoms with van der Waals surface area (Å²) < 4.78 is 4.64. The van der Waals surface area contributed by atoms with Crippen LogP contribution in [0.25, 0.3) is 0 Å². The van der Waals surface area contributed by atoms with Gasteiger partial charge in [-0.25, -0.2) is 0 Å². The zero-order chi connectivity index (χ0) is 11.3. The normalized spacial score (nSPS) is 9.73. The van der Waals surface area contributed by atoms with Crippen LogP contribution in [-0.4, -0.2) is 23.3 Å². The van der Waals surface area contributed by atoms with Gasteiger partial charge in [-0.15, -0.1) is 0 Å². The summed E-state index contributed by atoms with van der Waals surface area (Å²) in [5, 5.41) is 0.447. The minimum absolute atomic E-state index is 0.215. The fourth-order valence-corrected chi connectivity index (χ4v) is 1.09. The molecule has 0 aromatic carbocycles. The number of aromatic nitrogens is 1. The first-order chi connectivity index (χ1) is 7.13. The quantitative estimate of drug-likeness (QED) is 0.448. The van der Waals surface area contributed by atoms with E-state index in [9.17, 15) is 9.59 Å². The number of nitrogens with zero attached hydrogens (tertiary/aromatic N) is 1. The second-order valence-electron chi connectivity index (χ2n) is 2.77. The van der Waals surface area contributed by atoms with Crippen LogP contribution in [0, 0.1) is 0 Å². The van der Waals surface area contributed by atoms with E-state index in [-0.39, 0.29) is 24.5 Å². The van der Waals surface area contributed by atoms with Crippen LogP contribution in [0.2, 0.25) is 5.02 Å². The lowest BCUT2D eigenvalue weighted by atomic mass is 10.2. The molecule has 0 saturated heterocycles. The molecule has 1 heterocycles. The SMILES string of the molecule is CCOC(=O)CC(=O)c1ccc(Cl)cn1. The summed E-state index contributed by atoms with van der Waals surface area (Å²) in [5.74, 6) is -0.913. The first-order valence-corrected chi connectivity index (χ1v) is 4.81. The largest absolute Gasteiger partial charge is 0.466 e. The molecule has 0 spiro atoms. The molecule has 0 unspecified atom stereocenters. The number of esters is 1. The Kier molecular flexibility index (Phi) is 4.24. The van der Waals surface area contributed by atoms with Crippen molar-refractivity contribution in [3.05, 3.63) is 29.0 Å². The number of hydrogen-bond acceptors (Lipinski definition) is 4. The zero-order valence-corrected chi connectivity index (χ0v) is 8.95. The third-order valence-electron chi connectivity index (χ3n) is 1.62. The second-order valence-corrected chi connectivity index (χ2v) is 3.20. The van der Waals surface area contributed by atoms with Crippen LogP contribution in [0.15, 0.2) is 18.3 Å². The van der Waals surface area contributed by atoms with Crippen LogP contribution in [0.3, 0.4) is 0 Å². The smallest absolute Gasteiger partial charge is 0.313 e. The summed E-state index contributed by atoms with van der Waals surface area (Å²) in [6, 6.07) is 3.02. The zero-order valence-electron chi connectivity index (χ0n) is 8.20. The molecule has 1 rings (SSSR count). The average Bonchev–Trinajstić information content (AvgIpc) is 2.18. The van der Waals surface area contributed by atoms with Crippen molar-refractivity contribution in [2.75, 3.05) is 6.61 Å². The van der Waals surface area contributed by atoms with E-state index in [2.05, 4.69) is 9.72 Å². The Balaban J connectivity index is 2.61. The third kappa shape index (κ3) is 3.67. The van der Waals surface area contributed by atoms with Crippen molar-refractivity contribution in [3.8, 4) is 0 Å². The minimum Gasteiger partial charge on any atom is -0.466 e. The number of halogens is 1. The van der Waals surface area contributed by atoms with Gasteiger partial charge in [0.05, 0.1) is 11.6 Å². The molecular formula is C10H10ClNO3. The number of Topliss-reactive ketones (excluding diaryl/α,β-unsaturated/α-hetero) is 1. The standard InChI is InChI=1S/C10H10ClNO3/c1-2-15-10(14)5-9(13)8-4-3-7(11)6-12-8/h3-4,6H,2,5H2,1H3. The van der Waals surface area contributed by atoms with Crippen LogP contribution in [0.5, 0.6) is 0 Å². The van der Waals surface area contributed by atoms with Gasteiger partial charge in [0.1, 0.15) is 12.1 Å². The van der Waals surface area contributed by atoms with E-state index in [0.29, 0.717) is 5.02 Å². The first kappa shape index (κ1) is 11.7. The highest BCUT2D eigenvalue weighted by atomic mass is 35.5. The van der Waals surface area contributed by atoms with Crippen molar-refractivity contribution in [2.24, 2.45) is 0 Å². The molecule has 0 atom stereocenters. The Bertz CT molecular complexity index is 361. The highest BCUT2D eigenvalue weighted by molar-refractivity contribution is 6.30. The van der Waals surface area contributed by atoms with Crippen molar-refractivity contribution in [3.63, 3.8) is 0 Å². The molecule has 0 amide bonds. The van der Waals surface area contributed by atoms with Gasteiger partial charge in [0.2, 0.25) is 0 Å². The van der Waals surface area contributed by atoms with Crippen molar-refractivity contribution < 1.29 is 14.3 Å². The van der Waals surface area contributed by atoms with E-state index in [1.165, 1.54) is 12.3 Å². The van der Waals surface area contributed by atoms with Crippen LogP contribution >= 0.6 is 11.6 Å². The lowest BCUT2D eigenvalue weighted by molar-refractivity contribution is -0.141. The second kappa shape index (κ2) is 5.46. The number of carbonyl (C=O) groups excluding carboxylic acids is 2. The van der Waals surface area contributed by atoms with Gasteiger partial charge in [-0.2, -0.15) is 0 Å².